The van der Waals surface area contributed by atoms with E-state index in [0.717, 1.165) is 173 Å². The molecule has 1 unspecified atom stereocenters. The maximum Gasteiger partial charge on any atom is 0.306 e. The molecular weight excluding hydrogens is 1100 g/mol. The molecule has 500 valence electrons. The zero-order chi connectivity index (χ0) is 64.7. The molecule has 0 saturated carbocycles. The molecule has 0 aromatic rings. The van der Waals surface area contributed by atoms with E-state index < -0.39 is 6.10 Å². The topological polar surface area (TPSA) is 72.8 Å². The molecule has 0 spiro atoms. The number of esters is 2. The van der Waals surface area contributed by atoms with Crippen LogP contribution < -0.4 is 0 Å². The number of hydrogen-bond donors (Lipinski definition) is 1. The Morgan fingerprint density at radius 1 is 0.256 bits per heavy atom. The first-order valence-electron chi connectivity index (χ1n) is 35.9. The number of carbonyl (C=O) groups is 2. The summed E-state index contributed by atoms with van der Waals surface area (Å²) in [5.74, 6) is -0.634. The van der Waals surface area contributed by atoms with Crippen LogP contribution in [0.25, 0.3) is 0 Å². The van der Waals surface area contributed by atoms with E-state index in [2.05, 4.69) is 245 Å². The van der Waals surface area contributed by atoms with Crippen molar-refractivity contribution in [2.45, 2.75) is 277 Å². The number of ether oxygens (including phenoxy) is 2. The molecule has 1 atom stereocenters. The second kappa shape index (κ2) is 77.2. The molecule has 0 rings (SSSR count). The molecule has 0 amide bonds. The van der Waals surface area contributed by atoms with Gasteiger partial charge in [-0.1, -0.05) is 328 Å². The van der Waals surface area contributed by atoms with Crippen molar-refractivity contribution in [3.8, 4) is 0 Å². The van der Waals surface area contributed by atoms with Crippen molar-refractivity contribution in [1.82, 2.24) is 0 Å². The number of rotatable bonds is 63. The summed E-state index contributed by atoms with van der Waals surface area (Å²) < 4.78 is 10.7. The fraction of sp³-hybridized carbons (Fsp3) is 0.529. The molecule has 0 aliphatic rings. The van der Waals surface area contributed by atoms with Crippen LogP contribution in [-0.4, -0.2) is 36.4 Å². The van der Waals surface area contributed by atoms with Crippen molar-refractivity contribution < 1.29 is 24.2 Å². The highest BCUT2D eigenvalue weighted by atomic mass is 16.6. The van der Waals surface area contributed by atoms with Gasteiger partial charge in [-0.2, -0.15) is 0 Å². The third-order valence-corrected chi connectivity index (χ3v) is 14.5. The third kappa shape index (κ3) is 74.4. The van der Waals surface area contributed by atoms with Crippen LogP contribution in [0, 0.1) is 0 Å². The minimum atomic E-state index is -0.805. The van der Waals surface area contributed by atoms with E-state index in [4.69, 9.17) is 9.47 Å². The average Bonchev–Trinajstić information content (AvgIpc) is 3.60. The summed E-state index contributed by atoms with van der Waals surface area (Å²) in [6.07, 6.45) is 126. The summed E-state index contributed by atoms with van der Waals surface area (Å²) in [7, 11) is 0. The number of aliphatic hydroxyl groups excluding tert-OH is 1. The SMILES string of the molecule is CC/C=C\C/C=C\C/C=C\C/C=C\C/C=C\C/C=C\C/C=C\C/C=C\C/C=C\C/C=C\C/C=C\C/C=C\CCCCCCC(=O)OC(CO)COC(=O)CCCCCCCCCCCCCCC/C=C\C/C=C\C/C=C\C/C=C\C/C=C\C/C=C\C/C=C\CC. The van der Waals surface area contributed by atoms with Gasteiger partial charge < -0.3 is 14.6 Å². The molecule has 0 aliphatic carbocycles. The maximum absolute atomic E-state index is 12.4. The summed E-state index contributed by atoms with van der Waals surface area (Å²) >= 11 is 0. The molecule has 0 aromatic heterocycles. The average molecular weight is 1230 g/mol. The lowest BCUT2D eigenvalue weighted by Gasteiger charge is -2.15. The van der Waals surface area contributed by atoms with Crippen LogP contribution in [-0.2, 0) is 19.1 Å². The van der Waals surface area contributed by atoms with E-state index in [1.54, 1.807) is 0 Å². The lowest BCUT2D eigenvalue weighted by molar-refractivity contribution is -0.161. The molecular formula is C85H130O5. The van der Waals surface area contributed by atoms with Crippen LogP contribution in [0.4, 0.5) is 0 Å². The van der Waals surface area contributed by atoms with Gasteiger partial charge in [0.1, 0.15) is 6.61 Å². The number of unbranched alkanes of at least 4 members (excludes halogenated alkanes) is 17. The fourth-order valence-corrected chi connectivity index (χ4v) is 9.16. The van der Waals surface area contributed by atoms with Gasteiger partial charge in [0.25, 0.3) is 0 Å². The van der Waals surface area contributed by atoms with E-state index in [9.17, 15) is 14.7 Å². The van der Waals surface area contributed by atoms with Crippen molar-refractivity contribution in [2.75, 3.05) is 13.2 Å². The summed E-state index contributed by atoms with van der Waals surface area (Å²) in [6, 6.07) is 0. The molecule has 0 fully saturated rings. The zero-order valence-electron chi connectivity index (χ0n) is 57.3. The predicted molar refractivity (Wildman–Crippen MR) is 398 cm³/mol. The van der Waals surface area contributed by atoms with Crippen molar-refractivity contribution in [3.05, 3.63) is 231 Å². The van der Waals surface area contributed by atoms with Gasteiger partial charge in [0.15, 0.2) is 6.10 Å². The van der Waals surface area contributed by atoms with Gasteiger partial charge in [-0.3, -0.25) is 9.59 Å². The lowest BCUT2D eigenvalue weighted by atomic mass is 10.0. The Morgan fingerprint density at radius 3 is 0.667 bits per heavy atom. The smallest absolute Gasteiger partial charge is 0.306 e. The van der Waals surface area contributed by atoms with Gasteiger partial charge in [-0.25, -0.2) is 0 Å². The largest absolute Gasteiger partial charge is 0.462 e. The summed E-state index contributed by atoms with van der Waals surface area (Å²) in [4.78, 5) is 24.7. The summed E-state index contributed by atoms with van der Waals surface area (Å²) in [5.41, 5.74) is 0. The molecule has 5 heteroatoms. The molecule has 0 bridgehead atoms. The molecule has 0 saturated heterocycles. The summed E-state index contributed by atoms with van der Waals surface area (Å²) in [6.45, 7) is 3.88. The Labute approximate surface area is 554 Å². The van der Waals surface area contributed by atoms with Crippen molar-refractivity contribution in [3.63, 3.8) is 0 Å². The molecule has 90 heavy (non-hydrogen) atoms. The highest BCUT2D eigenvalue weighted by molar-refractivity contribution is 5.70. The van der Waals surface area contributed by atoms with Gasteiger partial charge >= 0.3 is 11.9 Å². The Hall–Kier alpha value is -6.04. The van der Waals surface area contributed by atoms with E-state index in [0.29, 0.717) is 12.8 Å². The second-order valence-corrected chi connectivity index (χ2v) is 22.8. The molecule has 0 radical (unpaired) electrons. The molecule has 0 aliphatic heterocycles. The molecule has 1 N–H and O–H groups in total. The van der Waals surface area contributed by atoms with Crippen LogP contribution in [0.5, 0.6) is 0 Å². The number of allylic oxidation sites excluding steroid dienone is 38. The minimum absolute atomic E-state index is 0.0909. The zero-order valence-corrected chi connectivity index (χ0v) is 57.3. The Morgan fingerprint density at radius 2 is 0.444 bits per heavy atom. The Balaban J connectivity index is 3.64. The van der Waals surface area contributed by atoms with Crippen molar-refractivity contribution in [2.24, 2.45) is 0 Å². The number of hydrogen-bond acceptors (Lipinski definition) is 5. The van der Waals surface area contributed by atoms with Gasteiger partial charge in [0, 0.05) is 12.8 Å². The van der Waals surface area contributed by atoms with Gasteiger partial charge in [0.05, 0.1) is 6.61 Å². The van der Waals surface area contributed by atoms with E-state index >= 15 is 0 Å². The first-order valence-corrected chi connectivity index (χ1v) is 35.9. The van der Waals surface area contributed by atoms with Crippen molar-refractivity contribution >= 4 is 11.9 Å². The summed E-state index contributed by atoms with van der Waals surface area (Å²) in [5, 5.41) is 9.71. The highest BCUT2D eigenvalue weighted by Gasteiger charge is 2.16. The molecule has 0 heterocycles. The molecule has 0 aromatic carbocycles. The Kier molecular flexibility index (Phi) is 72.0. The maximum atomic E-state index is 12.4. The standard InChI is InChI=1S/C85H130O5/c1-3-5-7-9-11-13-15-17-19-21-23-25-27-29-31-33-35-37-39-40-41-42-43-44-46-48-50-52-54-56-58-60-62-64-66-68-70-72-74-76-78-80-85(88)90-83(81-86)82-89-84(87)79-77-75-73-71-69-67-65-63-61-59-57-55-53-51-49-47-45-38-36-34-32-30-28-26-24-22-20-18-16-14-12-10-8-6-4-2/h5-8,11-14,17-20,23-26,29-32,35-38,40-41,43-44,47-50,54,56,60,62,66,68,83,86H,3-4,9-10,15-16,21-22,27-28,33-34,39,42,45-46,51-53,55,57-59,61,63-65,67,69-82H2,1-2H3/b7-5-,8-6-,13-11-,14-12-,19-17-,20-18-,25-23-,26-24-,31-29-,32-30-,37-35-,38-36-,41-40-,44-43-,49-47-,50-48-,56-54-,62-60-,68-66-. The first-order chi connectivity index (χ1) is 44.6. The predicted octanol–water partition coefficient (Wildman–Crippen LogP) is 25.6. The van der Waals surface area contributed by atoms with Crippen LogP contribution in [0.15, 0.2) is 231 Å². The minimum Gasteiger partial charge on any atom is -0.462 e. The van der Waals surface area contributed by atoms with Crippen LogP contribution >= 0.6 is 0 Å². The number of aliphatic hydroxyl groups is 1. The van der Waals surface area contributed by atoms with Crippen LogP contribution in [0.2, 0.25) is 0 Å². The van der Waals surface area contributed by atoms with Gasteiger partial charge in [0.2, 0.25) is 0 Å². The normalized spacial score (nSPS) is 13.7. The van der Waals surface area contributed by atoms with Gasteiger partial charge in [-0.15, -0.1) is 0 Å². The monoisotopic (exact) mass is 1230 g/mol. The van der Waals surface area contributed by atoms with E-state index in [-0.39, 0.29) is 25.2 Å². The van der Waals surface area contributed by atoms with Crippen molar-refractivity contribution in [1.29, 1.82) is 0 Å². The third-order valence-electron chi connectivity index (χ3n) is 14.5. The lowest BCUT2D eigenvalue weighted by Crippen LogP contribution is -2.28. The molecule has 5 nitrogen and oxygen atoms in total. The number of carbonyl (C=O) groups excluding carboxylic acids is 2. The highest BCUT2D eigenvalue weighted by Crippen LogP contribution is 2.15. The van der Waals surface area contributed by atoms with Gasteiger partial charge in [-0.05, 0) is 161 Å². The van der Waals surface area contributed by atoms with E-state index in [1.165, 1.54) is 70.6 Å². The first kappa shape index (κ1) is 84.0. The fourth-order valence-electron chi connectivity index (χ4n) is 9.16. The quantitative estimate of drug-likeness (QED) is 0.0373. The van der Waals surface area contributed by atoms with Crippen LogP contribution in [0.1, 0.15) is 271 Å². The van der Waals surface area contributed by atoms with Crippen LogP contribution in [0.3, 0.4) is 0 Å². The second-order valence-electron chi connectivity index (χ2n) is 22.8. The van der Waals surface area contributed by atoms with E-state index in [1.807, 2.05) is 0 Å². The Bertz CT molecular complexity index is 2180.